The van der Waals surface area contributed by atoms with Crippen molar-refractivity contribution in [2.45, 2.75) is 6.61 Å². The van der Waals surface area contributed by atoms with Gasteiger partial charge in [-0.05, 0) is 45.8 Å². The standard InChI is InChI=1S/C22H17BrFN3O2/c1-28-20-10-16-19(11-21(20)29-12-14-5-3-2-4-6-14)25-13-26-22(16)27-18-8-7-15(24)9-17(18)23/h2-11,13H,12H2,1H3,(H,25,26,27). The minimum absolute atomic E-state index is 0.322. The van der Waals surface area contributed by atoms with Gasteiger partial charge in [-0.1, -0.05) is 30.3 Å². The summed E-state index contributed by atoms with van der Waals surface area (Å²) in [6.45, 7) is 0.418. The third-order valence-corrected chi connectivity index (χ3v) is 5.00. The molecular formula is C22H17BrFN3O2. The first kappa shape index (κ1) is 19.1. The molecule has 1 aromatic heterocycles. The monoisotopic (exact) mass is 453 g/mol. The molecule has 4 rings (SSSR count). The highest BCUT2D eigenvalue weighted by Gasteiger charge is 2.13. The van der Waals surface area contributed by atoms with E-state index >= 15 is 0 Å². The van der Waals surface area contributed by atoms with E-state index in [1.807, 2.05) is 42.5 Å². The van der Waals surface area contributed by atoms with Gasteiger partial charge < -0.3 is 14.8 Å². The van der Waals surface area contributed by atoms with Crippen molar-refractivity contribution in [1.29, 1.82) is 0 Å². The number of rotatable bonds is 6. The molecule has 1 heterocycles. The van der Waals surface area contributed by atoms with Gasteiger partial charge in [0.05, 0.1) is 18.3 Å². The summed E-state index contributed by atoms with van der Waals surface area (Å²) in [4.78, 5) is 8.68. The second kappa shape index (κ2) is 8.45. The number of anilines is 2. The van der Waals surface area contributed by atoms with E-state index in [9.17, 15) is 4.39 Å². The normalized spacial score (nSPS) is 10.7. The lowest BCUT2D eigenvalue weighted by Gasteiger charge is -2.14. The van der Waals surface area contributed by atoms with Crippen LogP contribution < -0.4 is 14.8 Å². The van der Waals surface area contributed by atoms with Crippen molar-refractivity contribution in [2.24, 2.45) is 0 Å². The molecule has 0 aliphatic heterocycles. The Balaban J connectivity index is 1.67. The fraction of sp³-hybridized carbons (Fsp3) is 0.0909. The summed E-state index contributed by atoms with van der Waals surface area (Å²) in [5.41, 5.74) is 2.44. The second-order valence-corrected chi connectivity index (χ2v) is 7.12. The lowest BCUT2D eigenvalue weighted by atomic mass is 10.2. The average Bonchev–Trinajstić information content (AvgIpc) is 2.74. The van der Waals surface area contributed by atoms with Crippen molar-refractivity contribution in [2.75, 3.05) is 12.4 Å². The lowest BCUT2D eigenvalue weighted by Crippen LogP contribution is -2.00. The van der Waals surface area contributed by atoms with E-state index in [2.05, 4.69) is 31.2 Å². The minimum Gasteiger partial charge on any atom is -0.493 e. The predicted octanol–water partition coefficient (Wildman–Crippen LogP) is 5.86. The van der Waals surface area contributed by atoms with E-state index in [0.29, 0.717) is 39.6 Å². The highest BCUT2D eigenvalue weighted by atomic mass is 79.9. The molecular weight excluding hydrogens is 437 g/mol. The number of benzene rings is 3. The maximum Gasteiger partial charge on any atom is 0.163 e. The number of ether oxygens (including phenoxy) is 2. The molecule has 5 nitrogen and oxygen atoms in total. The summed E-state index contributed by atoms with van der Waals surface area (Å²) < 4.78 is 25.4. The number of halogens is 2. The number of aromatic nitrogens is 2. The molecule has 0 spiro atoms. The van der Waals surface area contributed by atoms with Crippen LogP contribution in [0.2, 0.25) is 0 Å². The first-order chi connectivity index (χ1) is 14.1. The maximum absolute atomic E-state index is 13.4. The van der Waals surface area contributed by atoms with Gasteiger partial charge in [0.15, 0.2) is 11.5 Å². The van der Waals surface area contributed by atoms with Gasteiger partial charge in [-0.2, -0.15) is 0 Å². The Morgan fingerprint density at radius 2 is 1.83 bits per heavy atom. The number of nitrogens with one attached hydrogen (secondary N) is 1. The third-order valence-electron chi connectivity index (χ3n) is 4.34. The van der Waals surface area contributed by atoms with Gasteiger partial charge in [-0.3, -0.25) is 0 Å². The van der Waals surface area contributed by atoms with Crippen molar-refractivity contribution in [3.05, 3.63) is 82.8 Å². The molecule has 0 unspecified atom stereocenters. The molecule has 0 fully saturated rings. The van der Waals surface area contributed by atoms with E-state index < -0.39 is 0 Å². The van der Waals surface area contributed by atoms with Gasteiger partial charge in [0.2, 0.25) is 0 Å². The van der Waals surface area contributed by atoms with Crippen LogP contribution in [0.25, 0.3) is 10.9 Å². The summed E-state index contributed by atoms with van der Waals surface area (Å²) in [6.07, 6.45) is 1.47. The average molecular weight is 454 g/mol. The first-order valence-electron chi connectivity index (χ1n) is 8.85. The van der Waals surface area contributed by atoms with E-state index in [0.717, 1.165) is 10.9 Å². The van der Waals surface area contributed by atoms with E-state index in [1.165, 1.54) is 18.5 Å². The zero-order valence-corrected chi connectivity index (χ0v) is 17.1. The van der Waals surface area contributed by atoms with Crippen LogP contribution in [0.1, 0.15) is 5.56 Å². The van der Waals surface area contributed by atoms with E-state index in [-0.39, 0.29) is 5.82 Å². The SMILES string of the molecule is COc1cc2c(Nc3ccc(F)cc3Br)ncnc2cc1OCc1ccccc1. The third kappa shape index (κ3) is 4.30. The topological polar surface area (TPSA) is 56.3 Å². The zero-order chi connectivity index (χ0) is 20.2. The largest absolute Gasteiger partial charge is 0.493 e. The number of nitrogens with zero attached hydrogens (tertiary/aromatic N) is 2. The molecule has 0 radical (unpaired) electrons. The highest BCUT2D eigenvalue weighted by molar-refractivity contribution is 9.10. The Bertz CT molecular complexity index is 1160. The van der Waals surface area contributed by atoms with Crippen molar-refractivity contribution in [1.82, 2.24) is 9.97 Å². The molecule has 0 saturated carbocycles. The lowest BCUT2D eigenvalue weighted by molar-refractivity contribution is 0.285. The highest BCUT2D eigenvalue weighted by Crippen LogP contribution is 2.36. The maximum atomic E-state index is 13.4. The molecule has 0 bridgehead atoms. The van der Waals surface area contributed by atoms with Crippen molar-refractivity contribution in [3.63, 3.8) is 0 Å². The fourth-order valence-corrected chi connectivity index (χ4v) is 3.34. The van der Waals surface area contributed by atoms with Gasteiger partial charge >= 0.3 is 0 Å². The van der Waals surface area contributed by atoms with Crippen LogP contribution >= 0.6 is 15.9 Å². The second-order valence-electron chi connectivity index (χ2n) is 6.27. The molecule has 1 N–H and O–H groups in total. The molecule has 0 aliphatic carbocycles. The molecule has 0 amide bonds. The van der Waals surface area contributed by atoms with E-state index in [4.69, 9.17) is 9.47 Å². The van der Waals surface area contributed by atoms with Crippen LogP contribution in [0.3, 0.4) is 0 Å². The molecule has 0 saturated heterocycles. The van der Waals surface area contributed by atoms with Crippen LogP contribution in [0.5, 0.6) is 11.5 Å². The number of fused-ring (bicyclic) bond motifs is 1. The summed E-state index contributed by atoms with van der Waals surface area (Å²) in [5, 5.41) is 3.97. The van der Waals surface area contributed by atoms with Crippen LogP contribution in [0.4, 0.5) is 15.9 Å². The Kier molecular flexibility index (Phi) is 5.57. The molecule has 0 aliphatic rings. The van der Waals surface area contributed by atoms with Crippen molar-refractivity contribution in [3.8, 4) is 11.5 Å². The van der Waals surface area contributed by atoms with Crippen LogP contribution in [-0.4, -0.2) is 17.1 Å². The van der Waals surface area contributed by atoms with Crippen molar-refractivity contribution >= 4 is 38.3 Å². The smallest absolute Gasteiger partial charge is 0.163 e. The Morgan fingerprint density at radius 1 is 1.00 bits per heavy atom. The summed E-state index contributed by atoms with van der Waals surface area (Å²) >= 11 is 3.36. The number of hydrogen-bond acceptors (Lipinski definition) is 5. The molecule has 0 atom stereocenters. The number of methoxy groups -OCH3 is 1. The van der Waals surface area contributed by atoms with Gasteiger partial charge in [-0.25, -0.2) is 14.4 Å². The molecule has 146 valence electrons. The molecule has 3 aromatic carbocycles. The Morgan fingerprint density at radius 3 is 2.59 bits per heavy atom. The van der Waals surface area contributed by atoms with Crippen molar-refractivity contribution < 1.29 is 13.9 Å². The Labute approximate surface area is 175 Å². The minimum atomic E-state index is -0.322. The first-order valence-corrected chi connectivity index (χ1v) is 9.65. The quantitative estimate of drug-likeness (QED) is 0.396. The molecule has 29 heavy (non-hydrogen) atoms. The summed E-state index contributed by atoms with van der Waals surface area (Å²) in [5.74, 6) is 1.42. The molecule has 4 aromatic rings. The predicted molar refractivity (Wildman–Crippen MR) is 114 cm³/mol. The molecule has 7 heteroatoms. The number of hydrogen-bond donors (Lipinski definition) is 1. The summed E-state index contributed by atoms with van der Waals surface area (Å²) in [6, 6.07) is 18.0. The van der Waals surface area contributed by atoms with Gasteiger partial charge in [0.1, 0.15) is 24.6 Å². The van der Waals surface area contributed by atoms with Crippen LogP contribution in [-0.2, 0) is 6.61 Å². The van der Waals surface area contributed by atoms with Crippen LogP contribution in [0.15, 0.2) is 71.5 Å². The van der Waals surface area contributed by atoms with Gasteiger partial charge in [0.25, 0.3) is 0 Å². The van der Waals surface area contributed by atoms with Crippen LogP contribution in [0, 0.1) is 5.82 Å². The van der Waals surface area contributed by atoms with E-state index in [1.54, 1.807) is 13.2 Å². The summed E-state index contributed by atoms with van der Waals surface area (Å²) in [7, 11) is 1.59. The van der Waals surface area contributed by atoms with Gasteiger partial charge in [-0.15, -0.1) is 0 Å². The fourth-order valence-electron chi connectivity index (χ4n) is 2.89. The zero-order valence-electron chi connectivity index (χ0n) is 15.5. The van der Waals surface area contributed by atoms with Gasteiger partial charge in [0, 0.05) is 15.9 Å². The Hall–Kier alpha value is -3.19.